The average Bonchev–Trinajstić information content (AvgIpc) is 2.45. The summed E-state index contributed by atoms with van der Waals surface area (Å²) in [7, 11) is 1.70. The quantitative estimate of drug-likeness (QED) is 0.727. The van der Waals surface area contributed by atoms with Crippen molar-refractivity contribution in [1.82, 2.24) is 10.2 Å². The second-order valence-electron chi connectivity index (χ2n) is 2.08. The van der Waals surface area contributed by atoms with Gasteiger partial charge < -0.3 is 10.5 Å². The van der Waals surface area contributed by atoms with Gasteiger partial charge in [-0.25, -0.2) is 0 Å². The second-order valence-corrected chi connectivity index (χ2v) is 4.28. The largest absolute Gasteiger partial charge is 0.384 e. The van der Waals surface area contributed by atoms with Gasteiger partial charge in [-0.2, -0.15) is 11.8 Å². The molecule has 0 aromatic carbocycles. The van der Waals surface area contributed by atoms with Crippen molar-refractivity contribution < 1.29 is 4.74 Å². The van der Waals surface area contributed by atoms with Crippen LogP contribution in [0.1, 0.15) is 5.01 Å². The highest BCUT2D eigenvalue weighted by atomic mass is 32.2. The summed E-state index contributed by atoms with van der Waals surface area (Å²) < 4.78 is 4.91. The zero-order valence-corrected chi connectivity index (χ0v) is 8.45. The molecule has 0 spiro atoms. The minimum absolute atomic E-state index is 0.539. The van der Waals surface area contributed by atoms with Crippen molar-refractivity contribution in [2.75, 3.05) is 25.2 Å². The fraction of sp³-hybridized carbons (Fsp3) is 0.667. The third-order valence-electron chi connectivity index (χ3n) is 1.14. The third-order valence-corrected chi connectivity index (χ3v) is 3.01. The Balaban J connectivity index is 2.15. The van der Waals surface area contributed by atoms with Gasteiger partial charge in [0.1, 0.15) is 5.01 Å². The fourth-order valence-corrected chi connectivity index (χ4v) is 2.18. The molecular weight excluding hydrogens is 194 g/mol. The third kappa shape index (κ3) is 3.38. The molecular formula is C6H11N3OS2. The molecule has 1 rings (SSSR count). The first-order chi connectivity index (χ1) is 5.83. The Bertz CT molecular complexity index is 228. The van der Waals surface area contributed by atoms with E-state index in [-0.39, 0.29) is 0 Å². The number of hydrogen-bond acceptors (Lipinski definition) is 6. The van der Waals surface area contributed by atoms with Crippen LogP contribution in [0.25, 0.3) is 0 Å². The van der Waals surface area contributed by atoms with Crippen molar-refractivity contribution in [3.8, 4) is 0 Å². The molecule has 2 N–H and O–H groups in total. The van der Waals surface area contributed by atoms with Crippen LogP contribution < -0.4 is 5.73 Å². The molecule has 0 amide bonds. The lowest BCUT2D eigenvalue weighted by atomic mass is 10.8. The molecule has 0 unspecified atom stereocenters. The molecule has 1 heterocycles. The van der Waals surface area contributed by atoms with Crippen LogP contribution in [0.2, 0.25) is 0 Å². The predicted molar refractivity (Wildman–Crippen MR) is 52.4 cm³/mol. The number of aromatic nitrogens is 2. The summed E-state index contributed by atoms with van der Waals surface area (Å²) in [5.74, 6) is 1.86. The van der Waals surface area contributed by atoms with E-state index in [4.69, 9.17) is 10.5 Å². The molecule has 12 heavy (non-hydrogen) atoms. The first kappa shape index (κ1) is 9.76. The maximum atomic E-state index is 5.42. The zero-order chi connectivity index (χ0) is 8.81. The first-order valence-corrected chi connectivity index (χ1v) is 5.44. The number of nitrogen functional groups attached to an aromatic ring is 1. The van der Waals surface area contributed by atoms with Crippen molar-refractivity contribution in [3.63, 3.8) is 0 Å². The van der Waals surface area contributed by atoms with Gasteiger partial charge in [-0.15, -0.1) is 10.2 Å². The smallest absolute Gasteiger partial charge is 0.203 e. The Morgan fingerprint density at radius 2 is 2.42 bits per heavy atom. The zero-order valence-electron chi connectivity index (χ0n) is 6.82. The van der Waals surface area contributed by atoms with Crippen LogP contribution >= 0.6 is 23.1 Å². The Morgan fingerprint density at radius 1 is 1.58 bits per heavy atom. The Hall–Kier alpha value is -0.330. The van der Waals surface area contributed by atoms with Gasteiger partial charge in [-0.05, 0) is 0 Å². The standard InChI is InChI=1S/C6H11N3OS2/c1-10-2-3-11-4-5-8-9-6(7)12-5/h2-4H2,1H3,(H2,7,9). The van der Waals surface area contributed by atoms with Crippen molar-refractivity contribution >= 4 is 28.2 Å². The summed E-state index contributed by atoms with van der Waals surface area (Å²) in [4.78, 5) is 0. The van der Waals surface area contributed by atoms with Crippen LogP contribution in [0.5, 0.6) is 0 Å². The molecule has 0 atom stereocenters. The number of nitrogens with zero attached hydrogens (tertiary/aromatic N) is 2. The van der Waals surface area contributed by atoms with Crippen LogP contribution in [0.3, 0.4) is 0 Å². The lowest BCUT2D eigenvalue weighted by Crippen LogP contribution is -1.91. The van der Waals surface area contributed by atoms with Crippen LogP contribution in [0.4, 0.5) is 5.13 Å². The molecule has 0 bridgehead atoms. The number of rotatable bonds is 5. The van der Waals surface area contributed by atoms with Gasteiger partial charge in [0.2, 0.25) is 5.13 Å². The van der Waals surface area contributed by atoms with E-state index in [0.29, 0.717) is 5.13 Å². The topological polar surface area (TPSA) is 61.0 Å². The molecule has 0 saturated heterocycles. The van der Waals surface area contributed by atoms with Gasteiger partial charge >= 0.3 is 0 Å². The molecule has 0 radical (unpaired) electrons. The van der Waals surface area contributed by atoms with Crippen LogP contribution in [0.15, 0.2) is 0 Å². The Kier molecular flexibility index (Phi) is 4.34. The summed E-state index contributed by atoms with van der Waals surface area (Å²) >= 11 is 3.21. The Morgan fingerprint density at radius 3 is 3.00 bits per heavy atom. The van der Waals surface area contributed by atoms with Gasteiger partial charge in [0.05, 0.1) is 6.61 Å². The molecule has 0 aliphatic heterocycles. The van der Waals surface area contributed by atoms with E-state index in [0.717, 1.165) is 23.1 Å². The van der Waals surface area contributed by atoms with Gasteiger partial charge in [0.15, 0.2) is 0 Å². The number of anilines is 1. The van der Waals surface area contributed by atoms with Crippen LogP contribution in [0, 0.1) is 0 Å². The lowest BCUT2D eigenvalue weighted by molar-refractivity contribution is 0.218. The number of ether oxygens (including phenoxy) is 1. The lowest BCUT2D eigenvalue weighted by Gasteiger charge is -1.95. The van der Waals surface area contributed by atoms with Gasteiger partial charge in [0, 0.05) is 18.6 Å². The maximum absolute atomic E-state index is 5.42. The molecule has 1 aromatic heterocycles. The van der Waals surface area contributed by atoms with E-state index in [9.17, 15) is 0 Å². The van der Waals surface area contributed by atoms with E-state index in [1.807, 2.05) is 0 Å². The van der Waals surface area contributed by atoms with Crippen molar-refractivity contribution in [2.24, 2.45) is 0 Å². The van der Waals surface area contributed by atoms with E-state index >= 15 is 0 Å². The van der Waals surface area contributed by atoms with Gasteiger partial charge in [0.25, 0.3) is 0 Å². The first-order valence-electron chi connectivity index (χ1n) is 3.47. The van der Waals surface area contributed by atoms with Crippen molar-refractivity contribution in [3.05, 3.63) is 5.01 Å². The Labute approximate surface area is 79.5 Å². The summed E-state index contributed by atoms with van der Waals surface area (Å²) in [6, 6.07) is 0. The number of methoxy groups -OCH3 is 1. The second kappa shape index (κ2) is 5.34. The molecule has 68 valence electrons. The van der Waals surface area contributed by atoms with Crippen molar-refractivity contribution in [2.45, 2.75) is 5.75 Å². The van der Waals surface area contributed by atoms with E-state index in [2.05, 4.69) is 10.2 Å². The summed E-state index contributed by atoms with van der Waals surface area (Å²) in [6.07, 6.45) is 0. The highest BCUT2D eigenvalue weighted by Crippen LogP contribution is 2.17. The average molecular weight is 205 g/mol. The van der Waals surface area contributed by atoms with Crippen molar-refractivity contribution in [1.29, 1.82) is 0 Å². The van der Waals surface area contributed by atoms with Crippen LogP contribution in [-0.2, 0) is 10.5 Å². The predicted octanol–water partition coefficient (Wildman–Crippen LogP) is 1.000. The SMILES string of the molecule is COCCSCc1nnc(N)s1. The molecule has 4 nitrogen and oxygen atoms in total. The molecule has 0 fully saturated rings. The normalized spacial score (nSPS) is 10.4. The fourth-order valence-electron chi connectivity index (χ4n) is 0.627. The number of nitrogens with two attached hydrogens (primary N) is 1. The molecule has 6 heteroatoms. The van der Waals surface area contributed by atoms with E-state index in [1.54, 1.807) is 18.9 Å². The molecule has 0 saturated carbocycles. The van der Waals surface area contributed by atoms with E-state index < -0.39 is 0 Å². The molecule has 1 aromatic rings. The number of thioether (sulfide) groups is 1. The number of hydrogen-bond donors (Lipinski definition) is 1. The summed E-state index contributed by atoms with van der Waals surface area (Å²) in [6.45, 7) is 0.777. The van der Waals surface area contributed by atoms with E-state index in [1.165, 1.54) is 11.3 Å². The van der Waals surface area contributed by atoms with Gasteiger partial charge in [-0.3, -0.25) is 0 Å². The maximum Gasteiger partial charge on any atom is 0.203 e. The molecule has 0 aliphatic rings. The highest BCUT2D eigenvalue weighted by molar-refractivity contribution is 7.98. The minimum atomic E-state index is 0.539. The monoisotopic (exact) mass is 205 g/mol. The van der Waals surface area contributed by atoms with Gasteiger partial charge in [-0.1, -0.05) is 11.3 Å². The van der Waals surface area contributed by atoms with Crippen LogP contribution in [-0.4, -0.2) is 29.7 Å². The molecule has 0 aliphatic carbocycles. The summed E-state index contributed by atoms with van der Waals surface area (Å²) in [5, 5.41) is 9.13. The summed E-state index contributed by atoms with van der Waals surface area (Å²) in [5.41, 5.74) is 5.42. The highest BCUT2D eigenvalue weighted by Gasteiger charge is 1.99. The minimum Gasteiger partial charge on any atom is -0.384 e.